The number of para-hydroxylation sites is 1. The summed E-state index contributed by atoms with van der Waals surface area (Å²) in [6.45, 7) is 9.76. The molecular weight excluding hydrogens is 612 g/mol. The Hall–Kier alpha value is -3.67. The van der Waals surface area contributed by atoms with Gasteiger partial charge < -0.3 is 30.1 Å². The molecule has 2 aromatic rings. The predicted octanol–water partition coefficient (Wildman–Crippen LogP) is 4.02. The number of carbonyl (C=O) groups is 3. The third-order valence-electron chi connectivity index (χ3n) is 11.3. The second-order valence-corrected chi connectivity index (χ2v) is 14.5. The maximum absolute atomic E-state index is 14.4. The lowest BCUT2D eigenvalue weighted by Gasteiger charge is -2.62. The van der Waals surface area contributed by atoms with E-state index in [1.165, 1.54) is 13.3 Å². The number of hydroxylamine groups is 2. The predicted molar refractivity (Wildman–Crippen MR) is 183 cm³/mol. The maximum atomic E-state index is 14.4. The van der Waals surface area contributed by atoms with E-state index in [1.54, 1.807) is 26.1 Å². The van der Waals surface area contributed by atoms with Gasteiger partial charge >= 0.3 is 5.97 Å². The number of fused-ring (bicyclic) bond motifs is 2. The van der Waals surface area contributed by atoms with Crippen molar-refractivity contribution >= 4 is 23.5 Å². The fourth-order valence-corrected chi connectivity index (χ4v) is 8.46. The summed E-state index contributed by atoms with van der Waals surface area (Å²) in [4.78, 5) is 47.3. The number of nitrogens with one attached hydrogen (secondary N) is 2. The van der Waals surface area contributed by atoms with Crippen LogP contribution in [0.15, 0.2) is 36.4 Å². The van der Waals surface area contributed by atoms with E-state index in [4.69, 9.17) is 14.3 Å². The van der Waals surface area contributed by atoms with Gasteiger partial charge in [0, 0.05) is 56.5 Å². The average molecular weight is 665 g/mol. The van der Waals surface area contributed by atoms with Gasteiger partial charge in [-0.25, -0.2) is 0 Å². The molecule has 1 heterocycles. The Morgan fingerprint density at radius 1 is 1.17 bits per heavy atom. The number of hydrogen-bond donors (Lipinski definition) is 3. The van der Waals surface area contributed by atoms with E-state index in [-0.39, 0.29) is 36.4 Å². The molecule has 11 nitrogen and oxygen atoms in total. The first-order chi connectivity index (χ1) is 22.7. The van der Waals surface area contributed by atoms with Crippen molar-refractivity contribution in [1.29, 1.82) is 0 Å². The van der Waals surface area contributed by atoms with Crippen LogP contribution in [0.2, 0.25) is 0 Å². The lowest BCUT2D eigenvalue weighted by molar-refractivity contribution is -0.183. The highest BCUT2D eigenvalue weighted by atomic mass is 16.7. The van der Waals surface area contributed by atoms with Gasteiger partial charge in [-0.2, -0.15) is 5.06 Å². The quantitative estimate of drug-likeness (QED) is 0.305. The molecule has 262 valence electrons. The molecule has 1 saturated heterocycles. The van der Waals surface area contributed by atoms with E-state index in [0.717, 1.165) is 28.8 Å². The van der Waals surface area contributed by atoms with Crippen LogP contribution in [0, 0.1) is 29.1 Å². The van der Waals surface area contributed by atoms with Crippen molar-refractivity contribution in [3.8, 4) is 16.9 Å². The fourth-order valence-electron chi connectivity index (χ4n) is 8.46. The van der Waals surface area contributed by atoms with E-state index in [1.807, 2.05) is 55.4 Å². The zero-order valence-corrected chi connectivity index (χ0v) is 29.7. The van der Waals surface area contributed by atoms with Crippen molar-refractivity contribution in [2.45, 2.75) is 78.3 Å². The van der Waals surface area contributed by atoms with Gasteiger partial charge in [-0.05, 0) is 66.7 Å². The molecule has 2 aromatic carbocycles. The molecule has 8 atom stereocenters. The van der Waals surface area contributed by atoms with Crippen LogP contribution in [-0.4, -0.2) is 87.1 Å². The lowest BCUT2D eigenvalue weighted by Crippen LogP contribution is -2.62. The molecule has 11 heteroatoms. The number of benzene rings is 2. The van der Waals surface area contributed by atoms with Crippen molar-refractivity contribution in [3.63, 3.8) is 0 Å². The molecule has 0 spiro atoms. The molecule has 3 aliphatic carbocycles. The number of carbonyl (C=O) groups excluding carboxylic acids is 3. The molecule has 0 unspecified atom stereocenters. The second-order valence-electron chi connectivity index (χ2n) is 14.5. The Balaban J connectivity index is 1.50. The first-order valence-corrected chi connectivity index (χ1v) is 16.9. The van der Waals surface area contributed by atoms with E-state index in [2.05, 4.69) is 31.4 Å². The Bertz CT molecular complexity index is 1530. The van der Waals surface area contributed by atoms with E-state index < -0.39 is 30.1 Å². The molecule has 4 aliphatic rings. The molecule has 6 rings (SSSR count). The highest BCUT2D eigenvalue weighted by Gasteiger charge is 2.57. The molecule has 48 heavy (non-hydrogen) atoms. The summed E-state index contributed by atoms with van der Waals surface area (Å²) >= 11 is 0. The Labute approximate surface area is 284 Å². The Morgan fingerprint density at radius 3 is 2.48 bits per heavy atom. The minimum Gasteiger partial charge on any atom is -0.496 e. The summed E-state index contributed by atoms with van der Waals surface area (Å²) in [5.74, 6) is 0.482. The van der Waals surface area contributed by atoms with Gasteiger partial charge in [0.15, 0.2) is 0 Å². The number of aliphatic hydroxyl groups is 1. The van der Waals surface area contributed by atoms with Crippen molar-refractivity contribution in [2.75, 3.05) is 39.8 Å². The highest BCUT2D eigenvalue weighted by Crippen LogP contribution is 2.61. The standard InChI is InChI=1S/C37H52N4O7/c1-20-29-16-26(37(29,4)5)17-30(20)39-36(45)33-32(21(2)47-22(3)43)31(19-42)48-41(33)18-23-11-10-12-28(34(23)46-9)24-13-25(35(44)38-6)15-27(14-24)40(7)8/h10-15,20-21,26,29-33,42H,16-19H2,1-9H3,(H,38,44)(H,39,45)/t20-,21-,26+,29-,30-,31-,32+,33-/m0/s1. The topological polar surface area (TPSA) is 130 Å². The largest absolute Gasteiger partial charge is 0.496 e. The van der Waals surface area contributed by atoms with Crippen LogP contribution in [0.4, 0.5) is 5.69 Å². The molecule has 3 saturated carbocycles. The Morgan fingerprint density at radius 2 is 1.90 bits per heavy atom. The number of hydrogen-bond acceptors (Lipinski definition) is 9. The van der Waals surface area contributed by atoms with Crippen LogP contribution in [0.5, 0.6) is 5.75 Å². The SMILES string of the molecule is CNC(=O)c1cc(-c2cccc(CN3O[C@@H](CO)[C@@H]([C@H](C)OC(C)=O)[C@H]3C(=O)N[C@H]3C[C@H]4C[C@@H]([C@@H]3C)C4(C)C)c2OC)cc(N(C)C)c1. The van der Waals surface area contributed by atoms with E-state index >= 15 is 0 Å². The molecule has 4 fully saturated rings. The number of nitrogens with zero attached hydrogens (tertiary/aromatic N) is 2. The molecule has 2 bridgehead atoms. The minimum atomic E-state index is -0.847. The summed E-state index contributed by atoms with van der Waals surface area (Å²) in [6, 6.07) is 10.6. The van der Waals surface area contributed by atoms with Crippen molar-refractivity contribution < 1.29 is 33.8 Å². The zero-order chi connectivity index (χ0) is 35.1. The number of anilines is 1. The van der Waals surface area contributed by atoms with Crippen molar-refractivity contribution in [2.24, 2.45) is 29.1 Å². The van der Waals surface area contributed by atoms with Crippen LogP contribution in [-0.2, 0) is 25.7 Å². The second kappa shape index (κ2) is 14.1. The summed E-state index contributed by atoms with van der Waals surface area (Å²) in [7, 11) is 7.02. The third kappa shape index (κ3) is 6.64. The first-order valence-electron chi connectivity index (χ1n) is 16.9. The van der Waals surface area contributed by atoms with E-state index in [9.17, 15) is 19.5 Å². The van der Waals surface area contributed by atoms with Crippen molar-refractivity contribution in [3.05, 3.63) is 47.5 Å². The minimum absolute atomic E-state index is 0.0188. The normalized spacial score (nSPS) is 28.2. The van der Waals surface area contributed by atoms with Gasteiger partial charge in [0.25, 0.3) is 5.91 Å². The van der Waals surface area contributed by atoms with Crippen molar-refractivity contribution in [1.82, 2.24) is 15.7 Å². The van der Waals surface area contributed by atoms with Gasteiger partial charge in [0.1, 0.15) is 24.0 Å². The first kappa shape index (κ1) is 35.6. The fraction of sp³-hybridized carbons (Fsp3) is 0.595. The lowest BCUT2D eigenvalue weighted by atomic mass is 9.45. The summed E-state index contributed by atoms with van der Waals surface area (Å²) < 4.78 is 11.6. The highest BCUT2D eigenvalue weighted by molar-refractivity contribution is 5.97. The van der Waals surface area contributed by atoms with Gasteiger partial charge in [-0.1, -0.05) is 39.0 Å². The molecular formula is C37H52N4O7. The van der Waals surface area contributed by atoms with Crippen LogP contribution in [0.3, 0.4) is 0 Å². The molecule has 3 N–H and O–H groups in total. The van der Waals surface area contributed by atoms with Crippen LogP contribution in [0.1, 0.15) is 63.4 Å². The zero-order valence-electron chi connectivity index (χ0n) is 29.7. The van der Waals surface area contributed by atoms with Crippen LogP contribution < -0.4 is 20.3 Å². The molecule has 2 amide bonds. The molecule has 0 radical (unpaired) electrons. The van der Waals surface area contributed by atoms with E-state index in [0.29, 0.717) is 29.1 Å². The Kier molecular flexibility index (Phi) is 10.4. The van der Waals surface area contributed by atoms with Gasteiger partial charge in [0.05, 0.1) is 26.2 Å². The number of esters is 1. The number of amides is 2. The summed E-state index contributed by atoms with van der Waals surface area (Å²) in [5.41, 5.74) is 3.94. The maximum Gasteiger partial charge on any atom is 0.302 e. The average Bonchev–Trinajstić information content (AvgIpc) is 3.42. The summed E-state index contributed by atoms with van der Waals surface area (Å²) in [5, 5.41) is 18.1. The van der Waals surface area contributed by atoms with Crippen LogP contribution >= 0.6 is 0 Å². The smallest absolute Gasteiger partial charge is 0.302 e. The molecule has 1 aliphatic heterocycles. The van der Waals surface area contributed by atoms with Gasteiger partial charge in [0.2, 0.25) is 5.91 Å². The number of rotatable bonds is 11. The van der Waals surface area contributed by atoms with Gasteiger partial charge in [-0.15, -0.1) is 0 Å². The van der Waals surface area contributed by atoms with Gasteiger partial charge in [-0.3, -0.25) is 19.2 Å². The number of methoxy groups -OCH3 is 1. The summed E-state index contributed by atoms with van der Waals surface area (Å²) in [6.07, 6.45) is 0.641. The number of ether oxygens (including phenoxy) is 2. The monoisotopic (exact) mass is 664 g/mol. The third-order valence-corrected chi connectivity index (χ3v) is 11.3. The molecule has 0 aromatic heterocycles. The number of aliphatic hydroxyl groups excluding tert-OH is 1. The van der Waals surface area contributed by atoms with Crippen LogP contribution in [0.25, 0.3) is 11.1 Å².